The van der Waals surface area contributed by atoms with E-state index in [1.807, 2.05) is 32.2 Å². The molecule has 1 aliphatic rings. The molecule has 5 heterocycles. The van der Waals surface area contributed by atoms with Crippen LogP contribution in [0.4, 0.5) is 0 Å². The van der Waals surface area contributed by atoms with Gasteiger partial charge in [-0.1, -0.05) is 11.2 Å². The van der Waals surface area contributed by atoms with Gasteiger partial charge in [0, 0.05) is 17.7 Å². The van der Waals surface area contributed by atoms with Crippen LogP contribution in [0.25, 0.3) is 5.52 Å². The predicted molar refractivity (Wildman–Crippen MR) is 100 cm³/mol. The summed E-state index contributed by atoms with van der Waals surface area (Å²) in [7, 11) is 0. The second-order valence-corrected chi connectivity index (χ2v) is 7.29. The van der Waals surface area contributed by atoms with E-state index in [-0.39, 0.29) is 24.1 Å². The quantitative estimate of drug-likeness (QED) is 0.513. The Bertz CT molecular complexity index is 1220. The summed E-state index contributed by atoms with van der Waals surface area (Å²) in [5.41, 5.74) is 3.01. The van der Waals surface area contributed by atoms with Crippen LogP contribution in [-0.4, -0.2) is 41.1 Å². The summed E-state index contributed by atoms with van der Waals surface area (Å²) < 4.78 is 14.0. The van der Waals surface area contributed by atoms with E-state index in [9.17, 15) is 4.79 Å². The molecule has 4 aromatic heterocycles. The van der Waals surface area contributed by atoms with Crippen LogP contribution < -0.4 is 5.56 Å². The normalized spacial score (nSPS) is 19.2. The van der Waals surface area contributed by atoms with Gasteiger partial charge in [-0.05, 0) is 31.9 Å². The number of pyridine rings is 1. The number of rotatable bonds is 4. The van der Waals surface area contributed by atoms with Gasteiger partial charge in [0.1, 0.15) is 19.0 Å². The molecule has 0 unspecified atom stereocenters. The van der Waals surface area contributed by atoms with Crippen LogP contribution in [0, 0.1) is 13.8 Å². The van der Waals surface area contributed by atoms with Crippen molar-refractivity contribution in [2.24, 2.45) is 0 Å². The van der Waals surface area contributed by atoms with E-state index in [1.165, 1.54) is 15.5 Å². The van der Waals surface area contributed by atoms with E-state index >= 15 is 0 Å². The van der Waals surface area contributed by atoms with Crippen LogP contribution in [0.3, 0.4) is 0 Å². The first kappa shape index (κ1) is 17.7. The van der Waals surface area contributed by atoms with E-state index in [4.69, 9.17) is 9.26 Å². The summed E-state index contributed by atoms with van der Waals surface area (Å²) >= 11 is 0. The maximum atomic E-state index is 12.6. The van der Waals surface area contributed by atoms with Crippen molar-refractivity contribution in [3.63, 3.8) is 0 Å². The fourth-order valence-corrected chi connectivity index (χ4v) is 3.50. The van der Waals surface area contributed by atoms with Gasteiger partial charge in [-0.25, -0.2) is 0 Å². The molecule has 5 rings (SSSR count). The maximum absolute atomic E-state index is 12.6. The fraction of sp³-hybridized carbons (Fsp3) is 0.368. The number of hydrogen-bond donors (Lipinski definition) is 0. The van der Waals surface area contributed by atoms with E-state index < -0.39 is 0 Å². The van der Waals surface area contributed by atoms with Crippen LogP contribution in [0.15, 0.2) is 40.2 Å². The topological polar surface area (TPSA) is 113 Å². The summed E-state index contributed by atoms with van der Waals surface area (Å²) in [5, 5.41) is 12.3. The second kappa shape index (κ2) is 6.89. The van der Waals surface area contributed by atoms with Gasteiger partial charge in [-0.15, -0.1) is 9.73 Å². The molecule has 29 heavy (non-hydrogen) atoms. The van der Waals surface area contributed by atoms with Crippen molar-refractivity contribution in [3.8, 4) is 0 Å². The van der Waals surface area contributed by atoms with Gasteiger partial charge in [0.2, 0.25) is 5.89 Å². The minimum absolute atomic E-state index is 0.0232. The molecule has 1 saturated heterocycles. The van der Waals surface area contributed by atoms with Crippen molar-refractivity contribution in [1.29, 1.82) is 0 Å². The number of hydrogen-bond acceptors (Lipinski definition) is 8. The van der Waals surface area contributed by atoms with Gasteiger partial charge in [0.25, 0.3) is 5.56 Å². The van der Waals surface area contributed by atoms with Crippen molar-refractivity contribution in [2.45, 2.75) is 38.8 Å². The number of ether oxygens (including phenoxy) is 1. The predicted octanol–water partition coefficient (Wildman–Crippen LogP) is 1.58. The molecule has 4 aromatic rings. The van der Waals surface area contributed by atoms with Crippen molar-refractivity contribution < 1.29 is 9.26 Å². The van der Waals surface area contributed by atoms with Crippen molar-refractivity contribution in [1.82, 2.24) is 34.5 Å². The Kier molecular flexibility index (Phi) is 4.20. The molecule has 0 spiro atoms. The van der Waals surface area contributed by atoms with E-state index in [0.717, 1.165) is 23.2 Å². The van der Waals surface area contributed by atoms with E-state index in [1.54, 1.807) is 6.20 Å². The van der Waals surface area contributed by atoms with Crippen molar-refractivity contribution in [2.75, 3.05) is 6.61 Å². The third-order valence-corrected chi connectivity index (χ3v) is 5.11. The summed E-state index contributed by atoms with van der Waals surface area (Å²) in [6, 6.07) is 4.01. The molecule has 0 bridgehead atoms. The molecule has 0 saturated carbocycles. The Labute approximate surface area is 165 Å². The molecule has 0 N–H and O–H groups in total. The highest BCUT2D eigenvalue weighted by Crippen LogP contribution is 2.36. The number of aromatic nitrogens is 7. The highest BCUT2D eigenvalue weighted by molar-refractivity contribution is 5.49. The molecular weight excluding hydrogens is 374 g/mol. The van der Waals surface area contributed by atoms with Crippen LogP contribution in [-0.2, 0) is 11.3 Å². The molecule has 1 fully saturated rings. The first-order valence-electron chi connectivity index (χ1n) is 9.35. The highest BCUT2D eigenvalue weighted by atomic mass is 16.5. The standard InChI is InChI=1S/C19H19N7O3/c1-11-3-4-14(20-6-11)15-5-13(9-28-15)18-23-16(29-24-18)8-25-10-22-26-17(19(25)27)12(2)7-21-26/h3-4,6-7,10,13,15H,5,8-9H2,1-2H3/t13-,15+/m0/s1. The lowest BCUT2D eigenvalue weighted by Gasteiger charge is -2.08. The Hall–Kier alpha value is -3.40. The average Bonchev–Trinajstić information content (AvgIpc) is 3.45. The smallest absolute Gasteiger partial charge is 0.280 e. The SMILES string of the molecule is Cc1ccc([C@H]2C[C@H](c3noc(Cn4cnn5ncc(C)c5c4=O)n3)CO2)nc1. The molecular formula is C19H19N7O3. The van der Waals surface area contributed by atoms with Crippen LogP contribution in [0.2, 0.25) is 0 Å². The highest BCUT2D eigenvalue weighted by Gasteiger charge is 2.32. The van der Waals surface area contributed by atoms with Gasteiger partial charge in [0.15, 0.2) is 11.3 Å². The molecule has 0 radical (unpaired) electrons. The van der Waals surface area contributed by atoms with Crippen molar-refractivity contribution >= 4 is 5.52 Å². The van der Waals surface area contributed by atoms with Gasteiger partial charge in [-0.2, -0.15) is 10.1 Å². The van der Waals surface area contributed by atoms with E-state index in [0.29, 0.717) is 23.8 Å². The van der Waals surface area contributed by atoms with Gasteiger partial charge < -0.3 is 9.26 Å². The van der Waals surface area contributed by atoms with Gasteiger partial charge >= 0.3 is 0 Å². The first-order chi connectivity index (χ1) is 14.1. The Morgan fingerprint density at radius 2 is 2.10 bits per heavy atom. The molecule has 148 valence electrons. The number of nitrogens with zero attached hydrogens (tertiary/aromatic N) is 7. The summed E-state index contributed by atoms with van der Waals surface area (Å²) in [5.74, 6) is 0.953. The Morgan fingerprint density at radius 3 is 2.93 bits per heavy atom. The van der Waals surface area contributed by atoms with Crippen molar-refractivity contribution in [3.05, 3.63) is 69.7 Å². The first-order valence-corrected chi connectivity index (χ1v) is 9.35. The minimum atomic E-state index is -0.204. The van der Waals surface area contributed by atoms with Crippen LogP contribution >= 0.6 is 0 Å². The zero-order valence-electron chi connectivity index (χ0n) is 16.0. The van der Waals surface area contributed by atoms with Crippen LogP contribution in [0.5, 0.6) is 0 Å². The number of aryl methyl sites for hydroxylation is 2. The summed E-state index contributed by atoms with van der Waals surface area (Å²) in [6.07, 6.45) is 5.52. The molecule has 1 aliphatic heterocycles. The molecule has 10 heteroatoms. The summed E-state index contributed by atoms with van der Waals surface area (Å²) in [4.78, 5) is 21.6. The third-order valence-electron chi connectivity index (χ3n) is 5.11. The molecule has 0 aromatic carbocycles. The zero-order chi connectivity index (χ0) is 20.0. The monoisotopic (exact) mass is 393 g/mol. The van der Waals surface area contributed by atoms with Crippen LogP contribution in [0.1, 0.15) is 47.0 Å². The number of fused-ring (bicyclic) bond motifs is 1. The van der Waals surface area contributed by atoms with Gasteiger partial charge in [0.05, 0.1) is 18.5 Å². The minimum Gasteiger partial charge on any atom is -0.371 e. The molecule has 0 aliphatic carbocycles. The lowest BCUT2D eigenvalue weighted by Crippen LogP contribution is -2.24. The second-order valence-electron chi connectivity index (χ2n) is 7.29. The van der Waals surface area contributed by atoms with Gasteiger partial charge in [-0.3, -0.25) is 14.3 Å². The zero-order valence-corrected chi connectivity index (χ0v) is 16.0. The summed E-state index contributed by atoms with van der Waals surface area (Å²) in [6.45, 7) is 4.47. The largest absolute Gasteiger partial charge is 0.371 e. The maximum Gasteiger partial charge on any atom is 0.280 e. The lowest BCUT2D eigenvalue weighted by molar-refractivity contribution is 0.107. The Balaban J connectivity index is 1.32. The lowest BCUT2D eigenvalue weighted by atomic mass is 10.0. The average molecular weight is 393 g/mol. The third kappa shape index (κ3) is 3.21. The molecule has 0 amide bonds. The van der Waals surface area contributed by atoms with E-state index in [2.05, 4.69) is 25.3 Å². The fourth-order valence-electron chi connectivity index (χ4n) is 3.50. The molecule has 2 atom stereocenters. The molecule has 10 nitrogen and oxygen atoms in total. The Morgan fingerprint density at radius 1 is 1.21 bits per heavy atom.